The summed E-state index contributed by atoms with van der Waals surface area (Å²) in [6, 6.07) is 6.60. The van der Waals surface area contributed by atoms with E-state index in [1.807, 2.05) is 13.0 Å². The van der Waals surface area contributed by atoms with Crippen molar-refractivity contribution in [2.45, 2.75) is 57.5 Å². The fraction of sp³-hybridized carbons (Fsp3) is 0.632. The summed E-state index contributed by atoms with van der Waals surface area (Å²) in [6.45, 7) is 1.98. The lowest BCUT2D eigenvalue weighted by Gasteiger charge is -2.43. The second-order valence-electron chi connectivity index (χ2n) is 7.52. The standard InChI is InChI=1S/C19H27N3O3/c1-2-17(12-5-4-8-16(11-12)22(24)25)21-19(23)15-9-13-6-3-7-14(10-15)18(13)20/h4-5,8,11,13-15,17-18H,2-3,6-7,9-10,20H2,1H3,(H,21,23). The second-order valence-corrected chi connectivity index (χ2v) is 7.52. The molecule has 2 aliphatic rings. The number of carbonyl (C=O) groups excluding carboxylic acids is 1. The highest BCUT2D eigenvalue weighted by atomic mass is 16.6. The van der Waals surface area contributed by atoms with E-state index in [-0.39, 0.29) is 29.6 Å². The van der Waals surface area contributed by atoms with Gasteiger partial charge in [-0.25, -0.2) is 0 Å². The van der Waals surface area contributed by atoms with Crippen LogP contribution in [0.4, 0.5) is 5.69 Å². The van der Waals surface area contributed by atoms with Crippen molar-refractivity contribution in [3.05, 3.63) is 39.9 Å². The van der Waals surface area contributed by atoms with Gasteiger partial charge in [-0.1, -0.05) is 25.5 Å². The number of non-ortho nitro benzene ring substituents is 1. The molecular formula is C19H27N3O3. The van der Waals surface area contributed by atoms with Gasteiger partial charge < -0.3 is 11.1 Å². The molecule has 0 radical (unpaired) electrons. The van der Waals surface area contributed by atoms with Gasteiger partial charge in [-0.3, -0.25) is 14.9 Å². The Hall–Kier alpha value is -1.95. The molecule has 0 saturated heterocycles. The summed E-state index contributed by atoms with van der Waals surface area (Å²) in [4.78, 5) is 23.4. The molecule has 2 aliphatic carbocycles. The molecule has 3 unspecified atom stereocenters. The van der Waals surface area contributed by atoms with Crippen LogP contribution in [0.15, 0.2) is 24.3 Å². The van der Waals surface area contributed by atoms with Crippen molar-refractivity contribution in [3.8, 4) is 0 Å². The predicted molar refractivity (Wildman–Crippen MR) is 95.8 cm³/mol. The quantitative estimate of drug-likeness (QED) is 0.632. The van der Waals surface area contributed by atoms with Gasteiger partial charge in [0.15, 0.2) is 0 Å². The van der Waals surface area contributed by atoms with Gasteiger partial charge in [0.25, 0.3) is 5.69 Å². The first-order valence-electron chi connectivity index (χ1n) is 9.30. The molecule has 25 heavy (non-hydrogen) atoms. The summed E-state index contributed by atoms with van der Waals surface area (Å²) in [5.41, 5.74) is 7.16. The molecule has 6 heteroatoms. The first-order valence-corrected chi connectivity index (χ1v) is 9.30. The zero-order valence-corrected chi connectivity index (χ0v) is 14.7. The predicted octanol–water partition coefficient (Wildman–Crippen LogP) is 3.32. The molecule has 2 saturated carbocycles. The summed E-state index contributed by atoms with van der Waals surface area (Å²) in [5.74, 6) is 1.01. The third-order valence-corrected chi connectivity index (χ3v) is 5.99. The Labute approximate surface area is 148 Å². The van der Waals surface area contributed by atoms with Crippen LogP contribution in [0.1, 0.15) is 57.1 Å². The van der Waals surface area contributed by atoms with Gasteiger partial charge in [0.05, 0.1) is 11.0 Å². The number of nitrogens with zero attached hydrogens (tertiary/aromatic N) is 1. The Morgan fingerprint density at radius 3 is 2.64 bits per heavy atom. The Bertz CT molecular complexity index is 635. The van der Waals surface area contributed by atoms with Crippen LogP contribution in [0.25, 0.3) is 0 Å². The van der Waals surface area contributed by atoms with Gasteiger partial charge in [-0.05, 0) is 49.5 Å². The number of nitro groups is 1. The number of nitrogens with one attached hydrogen (secondary N) is 1. The van der Waals surface area contributed by atoms with Crippen LogP contribution in [0, 0.1) is 27.9 Å². The van der Waals surface area contributed by atoms with Gasteiger partial charge in [-0.2, -0.15) is 0 Å². The van der Waals surface area contributed by atoms with E-state index in [0.29, 0.717) is 18.3 Å². The molecule has 1 aromatic carbocycles. The van der Waals surface area contributed by atoms with Crippen LogP contribution in [-0.2, 0) is 4.79 Å². The molecule has 0 spiro atoms. The molecule has 0 aliphatic heterocycles. The third-order valence-electron chi connectivity index (χ3n) is 5.99. The largest absolute Gasteiger partial charge is 0.349 e. The van der Waals surface area contributed by atoms with Crippen molar-refractivity contribution in [2.24, 2.45) is 23.5 Å². The molecular weight excluding hydrogens is 318 g/mol. The molecule has 136 valence electrons. The number of nitrogens with two attached hydrogens (primary N) is 1. The lowest BCUT2D eigenvalue weighted by atomic mass is 9.65. The molecule has 3 N–H and O–H groups in total. The minimum Gasteiger partial charge on any atom is -0.349 e. The van der Waals surface area contributed by atoms with Crippen molar-refractivity contribution < 1.29 is 9.72 Å². The number of benzene rings is 1. The van der Waals surface area contributed by atoms with Crippen LogP contribution in [0.5, 0.6) is 0 Å². The molecule has 3 rings (SSSR count). The van der Waals surface area contributed by atoms with Crippen LogP contribution in [0.2, 0.25) is 0 Å². The number of carbonyl (C=O) groups is 1. The first kappa shape index (κ1) is 17.9. The fourth-order valence-corrected chi connectivity index (χ4v) is 4.57. The van der Waals surface area contributed by atoms with E-state index in [2.05, 4.69) is 5.32 Å². The molecule has 2 fully saturated rings. The van der Waals surface area contributed by atoms with E-state index in [0.717, 1.165) is 31.2 Å². The fourth-order valence-electron chi connectivity index (χ4n) is 4.57. The van der Waals surface area contributed by atoms with E-state index in [1.165, 1.54) is 12.5 Å². The van der Waals surface area contributed by atoms with E-state index < -0.39 is 4.92 Å². The average molecular weight is 345 g/mol. The Balaban J connectivity index is 1.68. The average Bonchev–Trinajstić information content (AvgIpc) is 2.59. The van der Waals surface area contributed by atoms with Crippen molar-refractivity contribution >= 4 is 11.6 Å². The number of hydrogen-bond acceptors (Lipinski definition) is 4. The van der Waals surface area contributed by atoms with Crippen LogP contribution in [0.3, 0.4) is 0 Å². The van der Waals surface area contributed by atoms with Crippen LogP contribution >= 0.6 is 0 Å². The smallest absolute Gasteiger partial charge is 0.269 e. The number of hydrogen-bond donors (Lipinski definition) is 2. The number of nitro benzene ring substituents is 1. The lowest BCUT2D eigenvalue weighted by Crippen LogP contribution is -2.49. The van der Waals surface area contributed by atoms with Crippen molar-refractivity contribution in [3.63, 3.8) is 0 Å². The SMILES string of the molecule is CCC(NC(=O)C1CC2CCCC(C1)C2N)c1cccc([N+](=O)[O-])c1. The van der Waals surface area contributed by atoms with E-state index >= 15 is 0 Å². The molecule has 3 atom stereocenters. The monoisotopic (exact) mass is 345 g/mol. The number of rotatable bonds is 5. The molecule has 1 amide bonds. The Morgan fingerprint density at radius 2 is 2.04 bits per heavy atom. The van der Waals surface area contributed by atoms with Crippen LogP contribution < -0.4 is 11.1 Å². The number of fused-ring (bicyclic) bond motifs is 2. The van der Waals surface area contributed by atoms with Crippen molar-refractivity contribution in [1.29, 1.82) is 0 Å². The van der Waals surface area contributed by atoms with Gasteiger partial charge >= 0.3 is 0 Å². The summed E-state index contributed by atoms with van der Waals surface area (Å²) < 4.78 is 0. The topological polar surface area (TPSA) is 98.3 Å². The molecule has 2 bridgehead atoms. The highest BCUT2D eigenvalue weighted by molar-refractivity contribution is 5.79. The highest BCUT2D eigenvalue weighted by Gasteiger charge is 2.40. The molecule has 6 nitrogen and oxygen atoms in total. The first-order chi connectivity index (χ1) is 12.0. The zero-order valence-electron chi connectivity index (χ0n) is 14.7. The highest BCUT2D eigenvalue weighted by Crippen LogP contribution is 2.42. The maximum absolute atomic E-state index is 12.8. The normalized spacial score (nSPS) is 29.7. The Morgan fingerprint density at radius 1 is 1.36 bits per heavy atom. The summed E-state index contributed by atoms with van der Waals surface area (Å²) in [7, 11) is 0. The van der Waals surface area contributed by atoms with E-state index in [4.69, 9.17) is 5.73 Å². The van der Waals surface area contributed by atoms with Crippen molar-refractivity contribution in [1.82, 2.24) is 5.32 Å². The summed E-state index contributed by atoms with van der Waals surface area (Å²) in [6.07, 6.45) is 5.92. The van der Waals surface area contributed by atoms with E-state index in [1.54, 1.807) is 12.1 Å². The minimum absolute atomic E-state index is 0.0165. The van der Waals surface area contributed by atoms with Crippen molar-refractivity contribution in [2.75, 3.05) is 0 Å². The van der Waals surface area contributed by atoms with Gasteiger partial charge in [0, 0.05) is 24.1 Å². The molecule has 1 aromatic rings. The van der Waals surface area contributed by atoms with Gasteiger partial charge in [0.2, 0.25) is 5.91 Å². The minimum atomic E-state index is -0.401. The van der Waals surface area contributed by atoms with E-state index in [9.17, 15) is 14.9 Å². The lowest BCUT2D eigenvalue weighted by molar-refractivity contribution is -0.384. The summed E-state index contributed by atoms with van der Waals surface area (Å²) in [5, 5.41) is 14.1. The maximum Gasteiger partial charge on any atom is 0.269 e. The molecule has 0 aromatic heterocycles. The number of amides is 1. The molecule has 0 heterocycles. The zero-order chi connectivity index (χ0) is 18.0. The maximum atomic E-state index is 12.8. The summed E-state index contributed by atoms with van der Waals surface area (Å²) >= 11 is 0. The van der Waals surface area contributed by atoms with Crippen LogP contribution in [-0.4, -0.2) is 16.9 Å². The third kappa shape index (κ3) is 3.84. The Kier molecular flexibility index (Phi) is 5.37. The van der Waals surface area contributed by atoms with Gasteiger partial charge in [-0.15, -0.1) is 0 Å². The van der Waals surface area contributed by atoms with Gasteiger partial charge in [0.1, 0.15) is 0 Å². The second kappa shape index (κ2) is 7.52.